The maximum atomic E-state index is 12.4. The van der Waals surface area contributed by atoms with Crippen LogP contribution in [-0.2, 0) is 10.0 Å². The number of nitrogens with one attached hydrogen (secondary N) is 1. The average molecular weight is 282 g/mol. The largest absolute Gasteiger partial charge is 0.399 e. The number of rotatable bonds is 4. The third kappa shape index (κ3) is 2.92. The van der Waals surface area contributed by atoms with E-state index in [0.29, 0.717) is 28.3 Å². The molecule has 0 atom stereocenters. The lowest BCUT2D eigenvalue weighted by molar-refractivity contribution is 0.166. The Bertz CT molecular complexity index is 566. The number of hydrogen-bond acceptors (Lipinski definition) is 3. The van der Waals surface area contributed by atoms with Crippen LogP contribution in [-0.4, -0.2) is 15.0 Å². The van der Waals surface area contributed by atoms with Crippen molar-refractivity contribution in [2.24, 2.45) is 5.41 Å². The van der Waals surface area contributed by atoms with Gasteiger partial charge in [-0.05, 0) is 55.4 Å². The van der Waals surface area contributed by atoms with Crippen molar-refractivity contribution >= 4 is 15.7 Å². The number of nitrogens with two attached hydrogens (primary N) is 1. The summed E-state index contributed by atoms with van der Waals surface area (Å²) in [6, 6.07) is 3.40. The van der Waals surface area contributed by atoms with Crippen LogP contribution in [0.3, 0.4) is 0 Å². The summed E-state index contributed by atoms with van der Waals surface area (Å²) in [4.78, 5) is 0.365. The fourth-order valence-electron chi connectivity index (χ4n) is 2.71. The van der Waals surface area contributed by atoms with Gasteiger partial charge in [0.2, 0.25) is 10.0 Å². The van der Waals surface area contributed by atoms with Gasteiger partial charge in [-0.3, -0.25) is 0 Å². The molecule has 0 saturated heterocycles. The molecule has 1 aliphatic carbocycles. The first-order chi connectivity index (χ1) is 8.73. The molecular formula is C14H22N2O2S. The lowest BCUT2D eigenvalue weighted by Gasteiger charge is -2.38. The Morgan fingerprint density at radius 1 is 1.26 bits per heavy atom. The molecular weight excluding hydrogens is 260 g/mol. The Kier molecular flexibility index (Phi) is 3.62. The molecule has 1 fully saturated rings. The number of anilines is 1. The highest BCUT2D eigenvalue weighted by Crippen LogP contribution is 2.39. The van der Waals surface area contributed by atoms with Crippen LogP contribution in [0.15, 0.2) is 17.0 Å². The van der Waals surface area contributed by atoms with Crippen LogP contribution >= 0.6 is 0 Å². The number of nitrogen functional groups attached to an aromatic ring is 1. The summed E-state index contributed by atoms with van der Waals surface area (Å²) < 4.78 is 27.6. The number of hydrogen-bond donors (Lipinski definition) is 2. The normalized spacial score (nSPS) is 18.1. The molecule has 1 aromatic rings. The number of aryl methyl sites for hydroxylation is 2. The second kappa shape index (κ2) is 4.80. The van der Waals surface area contributed by atoms with E-state index in [1.54, 1.807) is 26.0 Å². The Hall–Kier alpha value is -1.07. The van der Waals surface area contributed by atoms with Crippen LogP contribution in [0.4, 0.5) is 5.69 Å². The molecule has 0 unspecified atom stereocenters. The molecule has 0 bridgehead atoms. The fourth-order valence-corrected chi connectivity index (χ4v) is 4.35. The van der Waals surface area contributed by atoms with Crippen LogP contribution < -0.4 is 10.5 Å². The Balaban J connectivity index is 2.24. The topological polar surface area (TPSA) is 72.2 Å². The maximum absolute atomic E-state index is 12.4. The first-order valence-electron chi connectivity index (χ1n) is 6.60. The SMILES string of the molecule is Cc1cc(N)cc(C)c1S(=O)(=O)NCC1(C)CCC1. The third-order valence-electron chi connectivity index (χ3n) is 4.00. The summed E-state index contributed by atoms with van der Waals surface area (Å²) in [5.41, 5.74) is 7.85. The lowest BCUT2D eigenvalue weighted by atomic mass is 9.71. The van der Waals surface area contributed by atoms with E-state index < -0.39 is 10.0 Å². The number of sulfonamides is 1. The molecule has 1 aliphatic rings. The van der Waals surface area contributed by atoms with Crippen molar-refractivity contribution in [3.05, 3.63) is 23.3 Å². The van der Waals surface area contributed by atoms with E-state index in [4.69, 9.17) is 5.73 Å². The van der Waals surface area contributed by atoms with E-state index in [9.17, 15) is 8.42 Å². The van der Waals surface area contributed by atoms with Crippen LogP contribution in [0.1, 0.15) is 37.3 Å². The minimum atomic E-state index is -3.45. The molecule has 5 heteroatoms. The predicted octanol–water partition coefficient (Wildman–Crippen LogP) is 2.35. The quantitative estimate of drug-likeness (QED) is 0.833. The van der Waals surface area contributed by atoms with Gasteiger partial charge >= 0.3 is 0 Å². The highest BCUT2D eigenvalue weighted by molar-refractivity contribution is 7.89. The molecule has 2 rings (SSSR count). The molecule has 0 radical (unpaired) electrons. The minimum Gasteiger partial charge on any atom is -0.399 e. The van der Waals surface area contributed by atoms with Crippen molar-refractivity contribution in [2.75, 3.05) is 12.3 Å². The molecule has 1 aromatic carbocycles. The smallest absolute Gasteiger partial charge is 0.241 e. The Morgan fingerprint density at radius 3 is 2.21 bits per heavy atom. The van der Waals surface area contributed by atoms with E-state index in [1.807, 2.05) is 0 Å². The van der Waals surface area contributed by atoms with E-state index in [0.717, 1.165) is 12.8 Å². The Morgan fingerprint density at radius 2 is 1.79 bits per heavy atom. The highest BCUT2D eigenvalue weighted by Gasteiger charge is 2.33. The fraction of sp³-hybridized carbons (Fsp3) is 0.571. The molecule has 0 aromatic heterocycles. The van der Waals surface area contributed by atoms with Gasteiger partial charge in [0.25, 0.3) is 0 Å². The van der Waals surface area contributed by atoms with Crippen molar-refractivity contribution in [1.82, 2.24) is 4.72 Å². The molecule has 4 nitrogen and oxygen atoms in total. The van der Waals surface area contributed by atoms with Gasteiger partial charge in [0.05, 0.1) is 4.90 Å². The van der Waals surface area contributed by atoms with Crippen molar-refractivity contribution in [3.8, 4) is 0 Å². The molecule has 1 saturated carbocycles. The van der Waals surface area contributed by atoms with Crippen LogP contribution in [0.2, 0.25) is 0 Å². The van der Waals surface area contributed by atoms with Crippen molar-refractivity contribution < 1.29 is 8.42 Å². The summed E-state index contributed by atoms with van der Waals surface area (Å²) in [5, 5.41) is 0. The van der Waals surface area contributed by atoms with Gasteiger partial charge in [-0.2, -0.15) is 0 Å². The second-order valence-corrected chi connectivity index (χ2v) is 7.68. The molecule has 0 amide bonds. The maximum Gasteiger partial charge on any atom is 0.241 e. The van der Waals surface area contributed by atoms with Crippen molar-refractivity contribution in [1.29, 1.82) is 0 Å². The summed E-state index contributed by atoms with van der Waals surface area (Å²) >= 11 is 0. The van der Waals surface area contributed by atoms with E-state index in [1.165, 1.54) is 6.42 Å². The molecule has 106 valence electrons. The first-order valence-corrected chi connectivity index (χ1v) is 8.08. The molecule has 0 aliphatic heterocycles. The first kappa shape index (κ1) is 14.3. The highest BCUT2D eigenvalue weighted by atomic mass is 32.2. The van der Waals surface area contributed by atoms with E-state index >= 15 is 0 Å². The van der Waals surface area contributed by atoms with Gasteiger partial charge in [-0.1, -0.05) is 13.3 Å². The third-order valence-corrected chi connectivity index (χ3v) is 5.71. The standard InChI is InChI=1S/C14H22N2O2S/c1-10-7-12(15)8-11(2)13(10)19(17,18)16-9-14(3)5-4-6-14/h7-8,16H,4-6,9,15H2,1-3H3. The van der Waals surface area contributed by atoms with Gasteiger partial charge in [0.15, 0.2) is 0 Å². The Labute approximate surface area is 115 Å². The summed E-state index contributed by atoms with van der Waals surface area (Å²) in [7, 11) is -3.45. The lowest BCUT2D eigenvalue weighted by Crippen LogP contribution is -2.40. The summed E-state index contributed by atoms with van der Waals surface area (Å²) in [5.74, 6) is 0. The zero-order valence-electron chi connectivity index (χ0n) is 11.8. The monoisotopic (exact) mass is 282 g/mol. The molecule has 19 heavy (non-hydrogen) atoms. The predicted molar refractivity (Wildman–Crippen MR) is 77.5 cm³/mol. The van der Waals surface area contributed by atoms with E-state index in [2.05, 4.69) is 11.6 Å². The average Bonchev–Trinajstić information content (AvgIpc) is 2.22. The van der Waals surface area contributed by atoms with Crippen LogP contribution in [0, 0.1) is 19.3 Å². The van der Waals surface area contributed by atoms with E-state index in [-0.39, 0.29) is 5.41 Å². The zero-order valence-corrected chi connectivity index (χ0v) is 12.6. The summed E-state index contributed by atoms with van der Waals surface area (Å²) in [6.45, 7) is 6.20. The van der Waals surface area contributed by atoms with Gasteiger partial charge < -0.3 is 5.73 Å². The molecule has 0 heterocycles. The zero-order chi connectivity index (χ0) is 14.3. The van der Waals surface area contributed by atoms with Crippen LogP contribution in [0.25, 0.3) is 0 Å². The number of benzene rings is 1. The van der Waals surface area contributed by atoms with Crippen molar-refractivity contribution in [3.63, 3.8) is 0 Å². The second-order valence-electron chi connectivity index (χ2n) is 5.97. The van der Waals surface area contributed by atoms with Crippen LogP contribution in [0.5, 0.6) is 0 Å². The van der Waals surface area contributed by atoms with Crippen molar-refractivity contribution in [2.45, 2.75) is 44.9 Å². The van der Waals surface area contributed by atoms with Gasteiger partial charge in [-0.25, -0.2) is 13.1 Å². The van der Waals surface area contributed by atoms with Gasteiger partial charge in [0, 0.05) is 12.2 Å². The minimum absolute atomic E-state index is 0.128. The van der Waals surface area contributed by atoms with Gasteiger partial charge in [-0.15, -0.1) is 0 Å². The summed E-state index contributed by atoms with van der Waals surface area (Å²) in [6.07, 6.45) is 3.38. The van der Waals surface area contributed by atoms with Gasteiger partial charge in [0.1, 0.15) is 0 Å². The molecule has 3 N–H and O–H groups in total. The molecule has 0 spiro atoms.